The lowest BCUT2D eigenvalue weighted by Gasteiger charge is -2.22. The molecule has 1 heterocycles. The Labute approximate surface area is 142 Å². The first kappa shape index (κ1) is 16.4. The third-order valence-corrected chi connectivity index (χ3v) is 4.33. The summed E-state index contributed by atoms with van der Waals surface area (Å²) >= 11 is 0. The van der Waals surface area contributed by atoms with E-state index in [1.54, 1.807) is 12.1 Å². The zero-order chi connectivity index (χ0) is 16.9. The van der Waals surface area contributed by atoms with Crippen molar-refractivity contribution in [2.75, 3.05) is 5.32 Å². The minimum atomic E-state index is -0.132. The van der Waals surface area contributed by atoms with E-state index in [4.69, 9.17) is 0 Å². The molecule has 0 bridgehead atoms. The van der Waals surface area contributed by atoms with Crippen LogP contribution in [-0.4, -0.2) is 22.1 Å². The number of rotatable bonds is 4. The van der Waals surface area contributed by atoms with Gasteiger partial charge in [0.25, 0.3) is 5.91 Å². The summed E-state index contributed by atoms with van der Waals surface area (Å²) in [5, 5.41) is 14.5. The van der Waals surface area contributed by atoms with Crippen LogP contribution in [0, 0.1) is 13.8 Å². The SMILES string of the molecule is Cc1cc(C)cc(Nc2ccc(C(=O)NC3CCCCC3)nn2)c1. The molecule has 1 aliphatic rings. The molecular weight excluding hydrogens is 300 g/mol. The Hall–Kier alpha value is -2.43. The van der Waals surface area contributed by atoms with Crippen molar-refractivity contribution in [1.82, 2.24) is 15.5 Å². The second-order valence-corrected chi connectivity index (χ2v) is 6.61. The van der Waals surface area contributed by atoms with Crippen LogP contribution in [0.25, 0.3) is 0 Å². The number of amides is 1. The highest BCUT2D eigenvalue weighted by molar-refractivity contribution is 5.92. The van der Waals surface area contributed by atoms with Crippen molar-refractivity contribution in [3.63, 3.8) is 0 Å². The van der Waals surface area contributed by atoms with Gasteiger partial charge in [0, 0.05) is 11.7 Å². The Balaban J connectivity index is 1.63. The van der Waals surface area contributed by atoms with E-state index in [9.17, 15) is 4.79 Å². The number of hydrogen-bond acceptors (Lipinski definition) is 4. The average Bonchev–Trinajstić information content (AvgIpc) is 2.55. The number of carbonyl (C=O) groups excluding carboxylic acids is 1. The fourth-order valence-electron chi connectivity index (χ4n) is 3.22. The van der Waals surface area contributed by atoms with Crippen LogP contribution in [0.2, 0.25) is 0 Å². The average molecular weight is 324 g/mol. The Bertz CT molecular complexity index is 686. The highest BCUT2D eigenvalue weighted by Gasteiger charge is 2.17. The highest BCUT2D eigenvalue weighted by atomic mass is 16.2. The number of aromatic nitrogens is 2. The molecule has 0 unspecified atom stereocenters. The first-order chi connectivity index (χ1) is 11.6. The van der Waals surface area contributed by atoms with Crippen LogP contribution in [-0.2, 0) is 0 Å². The summed E-state index contributed by atoms with van der Waals surface area (Å²) in [4.78, 5) is 12.2. The largest absolute Gasteiger partial charge is 0.348 e. The van der Waals surface area contributed by atoms with Gasteiger partial charge < -0.3 is 10.6 Å². The van der Waals surface area contributed by atoms with Gasteiger partial charge in [-0.15, -0.1) is 10.2 Å². The standard InChI is InChI=1S/C19H24N4O/c1-13-10-14(2)12-16(11-13)20-18-9-8-17(22-23-18)19(24)21-15-6-4-3-5-7-15/h8-12,15H,3-7H2,1-2H3,(H,20,23)(H,21,24). The van der Waals surface area contributed by atoms with E-state index in [1.807, 2.05) is 0 Å². The molecule has 0 aliphatic heterocycles. The number of benzene rings is 1. The van der Waals surface area contributed by atoms with E-state index in [0.29, 0.717) is 11.5 Å². The zero-order valence-electron chi connectivity index (χ0n) is 14.3. The van der Waals surface area contributed by atoms with Gasteiger partial charge in [0.15, 0.2) is 11.5 Å². The maximum Gasteiger partial charge on any atom is 0.272 e. The molecule has 5 heteroatoms. The minimum absolute atomic E-state index is 0.132. The Morgan fingerprint density at radius 2 is 1.71 bits per heavy atom. The van der Waals surface area contributed by atoms with Crippen LogP contribution >= 0.6 is 0 Å². The van der Waals surface area contributed by atoms with Crippen LogP contribution in [0.1, 0.15) is 53.7 Å². The first-order valence-electron chi connectivity index (χ1n) is 8.60. The van der Waals surface area contributed by atoms with Crippen molar-refractivity contribution in [1.29, 1.82) is 0 Å². The lowest BCUT2D eigenvalue weighted by atomic mass is 9.95. The second-order valence-electron chi connectivity index (χ2n) is 6.61. The summed E-state index contributed by atoms with van der Waals surface area (Å²) in [7, 11) is 0. The molecule has 126 valence electrons. The summed E-state index contributed by atoms with van der Waals surface area (Å²) in [6, 6.07) is 10.0. The molecule has 5 nitrogen and oxygen atoms in total. The van der Waals surface area contributed by atoms with Gasteiger partial charge in [-0.25, -0.2) is 0 Å². The number of aryl methyl sites for hydroxylation is 2. The van der Waals surface area contributed by atoms with Gasteiger partial charge in [0.2, 0.25) is 0 Å². The number of anilines is 2. The molecule has 24 heavy (non-hydrogen) atoms. The van der Waals surface area contributed by atoms with Crippen LogP contribution in [0.4, 0.5) is 11.5 Å². The van der Waals surface area contributed by atoms with Gasteiger partial charge in [0.05, 0.1) is 0 Å². The fraction of sp³-hybridized carbons (Fsp3) is 0.421. The Morgan fingerprint density at radius 3 is 2.33 bits per heavy atom. The number of carbonyl (C=O) groups is 1. The van der Waals surface area contributed by atoms with Gasteiger partial charge in [-0.05, 0) is 62.1 Å². The lowest BCUT2D eigenvalue weighted by Crippen LogP contribution is -2.36. The van der Waals surface area contributed by atoms with E-state index < -0.39 is 0 Å². The Morgan fingerprint density at radius 1 is 1.00 bits per heavy atom. The molecule has 3 rings (SSSR count). The summed E-state index contributed by atoms with van der Waals surface area (Å²) in [5.74, 6) is 0.501. The normalized spacial score (nSPS) is 15.1. The summed E-state index contributed by atoms with van der Waals surface area (Å²) in [6.45, 7) is 4.12. The molecule has 0 radical (unpaired) electrons. The maximum atomic E-state index is 12.2. The van der Waals surface area contributed by atoms with Crippen molar-refractivity contribution in [3.05, 3.63) is 47.2 Å². The maximum absolute atomic E-state index is 12.2. The number of nitrogens with one attached hydrogen (secondary N) is 2. The van der Waals surface area contributed by atoms with Crippen LogP contribution in [0.5, 0.6) is 0 Å². The van der Waals surface area contributed by atoms with Gasteiger partial charge in [-0.2, -0.15) is 0 Å². The smallest absolute Gasteiger partial charge is 0.272 e. The predicted octanol–water partition coefficient (Wildman–Crippen LogP) is 3.90. The molecule has 0 spiro atoms. The molecule has 0 atom stereocenters. The molecule has 1 aromatic carbocycles. The molecular formula is C19H24N4O. The first-order valence-corrected chi connectivity index (χ1v) is 8.60. The topological polar surface area (TPSA) is 66.9 Å². The third-order valence-electron chi connectivity index (χ3n) is 4.33. The van der Waals surface area contributed by atoms with Crippen molar-refractivity contribution < 1.29 is 4.79 Å². The summed E-state index contributed by atoms with van der Waals surface area (Å²) in [6.07, 6.45) is 5.77. The molecule has 1 aliphatic carbocycles. The van der Waals surface area contributed by atoms with Crippen molar-refractivity contribution in [2.24, 2.45) is 0 Å². The molecule has 1 fully saturated rings. The molecule has 2 aromatic rings. The number of nitrogens with zero attached hydrogens (tertiary/aromatic N) is 2. The molecule has 1 amide bonds. The lowest BCUT2D eigenvalue weighted by molar-refractivity contribution is 0.0921. The van der Waals surface area contributed by atoms with Gasteiger partial charge in [-0.1, -0.05) is 25.3 Å². The van der Waals surface area contributed by atoms with Gasteiger partial charge in [0.1, 0.15) is 0 Å². The third kappa shape index (κ3) is 4.31. The van der Waals surface area contributed by atoms with Crippen molar-refractivity contribution in [2.45, 2.75) is 52.0 Å². The zero-order valence-corrected chi connectivity index (χ0v) is 14.3. The quantitative estimate of drug-likeness (QED) is 0.895. The minimum Gasteiger partial charge on any atom is -0.348 e. The number of hydrogen-bond donors (Lipinski definition) is 2. The molecule has 2 N–H and O–H groups in total. The van der Waals surface area contributed by atoms with Crippen LogP contribution in [0.3, 0.4) is 0 Å². The summed E-state index contributed by atoms with van der Waals surface area (Å²) < 4.78 is 0. The monoisotopic (exact) mass is 324 g/mol. The van der Waals surface area contributed by atoms with E-state index in [1.165, 1.54) is 30.4 Å². The Kier molecular flexibility index (Phi) is 5.08. The van der Waals surface area contributed by atoms with Gasteiger partial charge >= 0.3 is 0 Å². The van der Waals surface area contributed by atoms with Gasteiger partial charge in [-0.3, -0.25) is 4.79 Å². The van der Waals surface area contributed by atoms with Crippen LogP contribution in [0.15, 0.2) is 30.3 Å². The molecule has 0 saturated heterocycles. The van der Waals surface area contributed by atoms with Crippen molar-refractivity contribution >= 4 is 17.4 Å². The highest BCUT2D eigenvalue weighted by Crippen LogP contribution is 2.19. The second kappa shape index (κ2) is 7.43. The molecule has 1 aromatic heterocycles. The van der Waals surface area contributed by atoms with E-state index >= 15 is 0 Å². The predicted molar refractivity (Wildman–Crippen MR) is 95.6 cm³/mol. The van der Waals surface area contributed by atoms with E-state index in [2.05, 4.69) is 52.9 Å². The van der Waals surface area contributed by atoms with Crippen molar-refractivity contribution in [3.8, 4) is 0 Å². The molecule has 1 saturated carbocycles. The van der Waals surface area contributed by atoms with E-state index in [-0.39, 0.29) is 11.9 Å². The summed E-state index contributed by atoms with van der Waals surface area (Å²) in [5.41, 5.74) is 3.72. The fourth-order valence-corrected chi connectivity index (χ4v) is 3.22. The van der Waals surface area contributed by atoms with E-state index in [0.717, 1.165) is 18.5 Å². The van der Waals surface area contributed by atoms with Crippen LogP contribution < -0.4 is 10.6 Å².